The SMILES string of the molecule is CNC(=O)Cc1nc(CN2CCNC[C@H]2C)cs1. The molecule has 1 atom stereocenters. The molecule has 1 amide bonds. The third-order valence-electron chi connectivity index (χ3n) is 3.19. The van der Waals surface area contributed by atoms with E-state index in [0.717, 1.165) is 36.9 Å². The van der Waals surface area contributed by atoms with Gasteiger partial charge in [-0.2, -0.15) is 0 Å². The third kappa shape index (κ3) is 3.51. The number of hydrogen-bond acceptors (Lipinski definition) is 5. The minimum absolute atomic E-state index is 0.0199. The van der Waals surface area contributed by atoms with Crippen molar-refractivity contribution in [2.24, 2.45) is 0 Å². The van der Waals surface area contributed by atoms with Crippen LogP contribution in [0.2, 0.25) is 0 Å². The van der Waals surface area contributed by atoms with Crippen LogP contribution in [-0.2, 0) is 17.8 Å². The minimum atomic E-state index is 0.0199. The molecule has 0 aromatic carbocycles. The first-order valence-electron chi connectivity index (χ1n) is 6.27. The Morgan fingerprint density at radius 2 is 2.56 bits per heavy atom. The molecule has 0 bridgehead atoms. The van der Waals surface area contributed by atoms with Crippen molar-refractivity contribution in [3.63, 3.8) is 0 Å². The Hall–Kier alpha value is -0.980. The number of thiazole rings is 1. The number of hydrogen-bond donors (Lipinski definition) is 2. The summed E-state index contributed by atoms with van der Waals surface area (Å²) in [5.41, 5.74) is 1.08. The number of nitrogens with one attached hydrogen (secondary N) is 2. The second kappa shape index (κ2) is 6.26. The molecule has 1 aromatic heterocycles. The molecule has 18 heavy (non-hydrogen) atoms. The van der Waals surface area contributed by atoms with Crippen LogP contribution in [0.15, 0.2) is 5.38 Å². The Kier molecular flexibility index (Phi) is 4.68. The summed E-state index contributed by atoms with van der Waals surface area (Å²) in [6.45, 7) is 6.25. The molecule has 1 aromatic rings. The van der Waals surface area contributed by atoms with Gasteiger partial charge in [-0.25, -0.2) is 4.98 Å². The van der Waals surface area contributed by atoms with Crippen LogP contribution in [0, 0.1) is 0 Å². The molecule has 100 valence electrons. The maximum Gasteiger partial charge on any atom is 0.226 e. The van der Waals surface area contributed by atoms with Gasteiger partial charge in [-0.05, 0) is 6.92 Å². The normalized spacial score (nSPS) is 20.9. The summed E-state index contributed by atoms with van der Waals surface area (Å²) in [7, 11) is 1.65. The molecular formula is C12H20N4OS. The number of nitrogens with zero attached hydrogens (tertiary/aromatic N) is 2. The van der Waals surface area contributed by atoms with E-state index >= 15 is 0 Å². The molecule has 1 aliphatic rings. The van der Waals surface area contributed by atoms with E-state index in [2.05, 4.69) is 32.8 Å². The number of carbonyl (C=O) groups is 1. The number of carbonyl (C=O) groups excluding carboxylic acids is 1. The lowest BCUT2D eigenvalue weighted by atomic mass is 10.2. The van der Waals surface area contributed by atoms with Crippen LogP contribution in [-0.4, -0.2) is 48.5 Å². The van der Waals surface area contributed by atoms with Gasteiger partial charge >= 0.3 is 0 Å². The largest absolute Gasteiger partial charge is 0.359 e. The molecule has 1 fully saturated rings. The maximum absolute atomic E-state index is 11.3. The molecule has 1 saturated heterocycles. The molecule has 2 N–H and O–H groups in total. The average Bonchev–Trinajstić information content (AvgIpc) is 2.79. The number of rotatable bonds is 4. The van der Waals surface area contributed by atoms with Crippen molar-refractivity contribution in [3.05, 3.63) is 16.1 Å². The standard InChI is InChI=1S/C12H20N4OS/c1-9-6-14-3-4-16(9)7-10-8-18-12(15-10)5-11(17)13-2/h8-9,14H,3-7H2,1-2H3,(H,13,17)/t9-/m1/s1. The zero-order valence-electron chi connectivity index (χ0n) is 10.9. The van der Waals surface area contributed by atoms with Crippen molar-refractivity contribution in [1.29, 1.82) is 0 Å². The van der Waals surface area contributed by atoms with Gasteiger partial charge in [0.05, 0.1) is 12.1 Å². The highest BCUT2D eigenvalue weighted by molar-refractivity contribution is 7.09. The minimum Gasteiger partial charge on any atom is -0.359 e. The molecule has 0 unspecified atom stereocenters. The van der Waals surface area contributed by atoms with Crippen LogP contribution >= 0.6 is 11.3 Å². The van der Waals surface area contributed by atoms with E-state index in [0.29, 0.717) is 12.5 Å². The van der Waals surface area contributed by atoms with E-state index in [1.165, 1.54) is 0 Å². The number of amides is 1. The number of likely N-dealkylation sites (N-methyl/N-ethyl adjacent to an activating group) is 1. The van der Waals surface area contributed by atoms with Gasteiger partial charge in [0, 0.05) is 44.6 Å². The summed E-state index contributed by atoms with van der Waals surface area (Å²) in [6, 6.07) is 0.544. The average molecular weight is 268 g/mol. The Balaban J connectivity index is 1.91. The van der Waals surface area contributed by atoms with E-state index in [-0.39, 0.29) is 5.91 Å². The smallest absolute Gasteiger partial charge is 0.226 e. The molecular weight excluding hydrogens is 248 g/mol. The van der Waals surface area contributed by atoms with Crippen molar-refractivity contribution < 1.29 is 4.79 Å². The fraction of sp³-hybridized carbons (Fsp3) is 0.667. The van der Waals surface area contributed by atoms with Gasteiger partial charge in [-0.15, -0.1) is 11.3 Å². The predicted octanol–water partition coefficient (Wildman–Crippen LogP) is 0.225. The van der Waals surface area contributed by atoms with Crippen molar-refractivity contribution in [3.8, 4) is 0 Å². The highest BCUT2D eigenvalue weighted by Crippen LogP contribution is 2.14. The Labute approximate surface area is 112 Å². The van der Waals surface area contributed by atoms with Crippen molar-refractivity contribution in [2.75, 3.05) is 26.7 Å². The molecule has 0 aliphatic carbocycles. The van der Waals surface area contributed by atoms with Gasteiger partial charge in [0.25, 0.3) is 0 Å². The Morgan fingerprint density at radius 1 is 1.72 bits per heavy atom. The maximum atomic E-state index is 11.3. The molecule has 5 nitrogen and oxygen atoms in total. The Morgan fingerprint density at radius 3 is 3.28 bits per heavy atom. The predicted molar refractivity (Wildman–Crippen MR) is 72.6 cm³/mol. The highest BCUT2D eigenvalue weighted by Gasteiger charge is 2.19. The van der Waals surface area contributed by atoms with Crippen LogP contribution in [0.3, 0.4) is 0 Å². The summed E-state index contributed by atoms with van der Waals surface area (Å²) in [6.07, 6.45) is 0.387. The van der Waals surface area contributed by atoms with Gasteiger partial charge in [0.2, 0.25) is 5.91 Å². The molecule has 0 saturated carbocycles. The topological polar surface area (TPSA) is 57.3 Å². The van der Waals surface area contributed by atoms with Gasteiger partial charge in [-0.1, -0.05) is 0 Å². The Bertz CT molecular complexity index is 407. The molecule has 1 aliphatic heterocycles. The van der Waals surface area contributed by atoms with E-state index < -0.39 is 0 Å². The quantitative estimate of drug-likeness (QED) is 0.820. The highest BCUT2D eigenvalue weighted by atomic mass is 32.1. The van der Waals surface area contributed by atoms with Gasteiger partial charge < -0.3 is 10.6 Å². The lowest BCUT2D eigenvalue weighted by molar-refractivity contribution is -0.119. The first-order chi connectivity index (χ1) is 8.69. The third-order valence-corrected chi connectivity index (χ3v) is 4.09. The van der Waals surface area contributed by atoms with Crippen LogP contribution < -0.4 is 10.6 Å². The number of aromatic nitrogens is 1. The van der Waals surface area contributed by atoms with E-state index in [1.807, 2.05) is 0 Å². The van der Waals surface area contributed by atoms with Crippen LogP contribution in [0.4, 0.5) is 0 Å². The zero-order valence-corrected chi connectivity index (χ0v) is 11.7. The first-order valence-corrected chi connectivity index (χ1v) is 7.15. The summed E-state index contributed by atoms with van der Waals surface area (Å²) in [4.78, 5) is 18.2. The van der Waals surface area contributed by atoms with E-state index in [1.54, 1.807) is 18.4 Å². The summed E-state index contributed by atoms with van der Waals surface area (Å²) >= 11 is 1.57. The monoisotopic (exact) mass is 268 g/mol. The molecule has 0 radical (unpaired) electrons. The molecule has 6 heteroatoms. The summed E-state index contributed by atoms with van der Waals surface area (Å²) < 4.78 is 0. The van der Waals surface area contributed by atoms with Gasteiger partial charge in [-0.3, -0.25) is 9.69 Å². The summed E-state index contributed by atoms with van der Waals surface area (Å²) in [5.74, 6) is 0.0199. The van der Waals surface area contributed by atoms with Crippen molar-refractivity contribution in [1.82, 2.24) is 20.5 Å². The molecule has 2 rings (SSSR count). The van der Waals surface area contributed by atoms with Crippen LogP contribution in [0.1, 0.15) is 17.6 Å². The van der Waals surface area contributed by atoms with Crippen molar-refractivity contribution >= 4 is 17.2 Å². The van der Waals surface area contributed by atoms with Gasteiger partial charge in [0.1, 0.15) is 5.01 Å². The molecule has 0 spiro atoms. The van der Waals surface area contributed by atoms with Gasteiger partial charge in [0.15, 0.2) is 0 Å². The van der Waals surface area contributed by atoms with E-state index in [4.69, 9.17) is 0 Å². The van der Waals surface area contributed by atoms with Crippen LogP contribution in [0.5, 0.6) is 0 Å². The lowest BCUT2D eigenvalue weighted by Crippen LogP contribution is -2.49. The fourth-order valence-corrected chi connectivity index (χ4v) is 2.84. The summed E-state index contributed by atoms with van der Waals surface area (Å²) in [5, 5.41) is 8.96. The van der Waals surface area contributed by atoms with Crippen molar-refractivity contribution in [2.45, 2.75) is 25.9 Å². The second-order valence-electron chi connectivity index (χ2n) is 4.61. The first kappa shape index (κ1) is 13.5. The fourth-order valence-electron chi connectivity index (χ4n) is 2.05. The number of piperazine rings is 1. The van der Waals surface area contributed by atoms with Crippen LogP contribution in [0.25, 0.3) is 0 Å². The zero-order chi connectivity index (χ0) is 13.0. The molecule has 2 heterocycles. The second-order valence-corrected chi connectivity index (χ2v) is 5.55. The van der Waals surface area contributed by atoms with E-state index in [9.17, 15) is 4.79 Å². The lowest BCUT2D eigenvalue weighted by Gasteiger charge is -2.33.